The van der Waals surface area contributed by atoms with Gasteiger partial charge in [0.25, 0.3) is 0 Å². The van der Waals surface area contributed by atoms with Crippen LogP contribution in [0.25, 0.3) is 0 Å². The van der Waals surface area contributed by atoms with Gasteiger partial charge in [0, 0.05) is 0 Å². The Morgan fingerprint density at radius 2 is 0.895 bits per heavy atom. The molecule has 0 aromatic rings. The summed E-state index contributed by atoms with van der Waals surface area (Å²) in [5.41, 5.74) is 0. The molecule has 2 aliphatic heterocycles. The first kappa shape index (κ1) is 16.9. The van der Waals surface area contributed by atoms with Crippen LogP contribution < -0.4 is 0 Å². The second-order valence-corrected chi connectivity index (χ2v) is 5.78. The number of rotatable bonds is 0. The monoisotopic (exact) mass is 274 g/mol. The Kier molecular flexibility index (Phi) is 6.74. The van der Waals surface area contributed by atoms with E-state index in [9.17, 15) is 0 Å². The van der Waals surface area contributed by atoms with E-state index in [4.69, 9.17) is 18.9 Å². The summed E-state index contributed by atoms with van der Waals surface area (Å²) in [7, 11) is 0. The highest BCUT2D eigenvalue weighted by molar-refractivity contribution is 4.74. The first-order valence-corrected chi connectivity index (χ1v) is 7.39. The van der Waals surface area contributed by atoms with E-state index in [-0.39, 0.29) is 42.7 Å². The minimum absolute atomic E-state index is 0.242. The highest BCUT2D eigenvalue weighted by Crippen LogP contribution is 2.18. The van der Waals surface area contributed by atoms with Gasteiger partial charge in [0.2, 0.25) is 0 Å². The Morgan fingerprint density at radius 1 is 0.526 bits per heavy atom. The van der Waals surface area contributed by atoms with E-state index in [0.717, 1.165) is 6.61 Å². The largest absolute Gasteiger partial charge is 0.373 e. The molecule has 0 saturated carbocycles. The zero-order valence-corrected chi connectivity index (χ0v) is 13.4. The van der Waals surface area contributed by atoms with Crippen LogP contribution >= 0.6 is 0 Å². The van der Waals surface area contributed by atoms with E-state index in [0.29, 0.717) is 0 Å². The van der Waals surface area contributed by atoms with E-state index in [2.05, 4.69) is 0 Å². The molecule has 7 atom stereocenters. The molecule has 0 spiro atoms. The second-order valence-electron chi connectivity index (χ2n) is 5.78. The molecular weight excluding hydrogens is 244 g/mol. The molecule has 0 aliphatic carbocycles. The topological polar surface area (TPSA) is 36.9 Å². The lowest BCUT2D eigenvalue weighted by Crippen LogP contribution is -2.44. The van der Waals surface area contributed by atoms with Crippen molar-refractivity contribution in [3.63, 3.8) is 0 Å². The smallest absolute Gasteiger partial charge is 0.0811 e. The van der Waals surface area contributed by atoms with Crippen LogP contribution in [0.1, 0.15) is 48.5 Å². The van der Waals surface area contributed by atoms with Gasteiger partial charge in [-0.3, -0.25) is 0 Å². The summed E-state index contributed by atoms with van der Waals surface area (Å²) in [6.07, 6.45) is 1.76. The maximum Gasteiger partial charge on any atom is 0.0811 e. The van der Waals surface area contributed by atoms with Crippen LogP contribution in [-0.4, -0.2) is 49.3 Å². The van der Waals surface area contributed by atoms with E-state index in [1.807, 2.05) is 48.5 Å². The standard InChI is InChI=1S/C8H16O2.C7H14O2/c1-5-6(2)10-8(4)7(3)9-5;1-5-4-8-6(2)7(3)9-5/h5-8H,1-4H3;5-7H,4H2,1-3H3. The summed E-state index contributed by atoms with van der Waals surface area (Å²) in [5, 5.41) is 0. The molecular formula is C15H30O4. The van der Waals surface area contributed by atoms with Crippen molar-refractivity contribution >= 4 is 0 Å². The first-order chi connectivity index (χ1) is 8.81. The molecule has 2 rings (SSSR count). The fraction of sp³-hybridized carbons (Fsp3) is 1.00. The van der Waals surface area contributed by atoms with Crippen molar-refractivity contribution in [2.45, 2.75) is 91.2 Å². The van der Waals surface area contributed by atoms with Gasteiger partial charge in [-0.25, -0.2) is 0 Å². The van der Waals surface area contributed by atoms with Crippen molar-refractivity contribution in [3.8, 4) is 0 Å². The van der Waals surface area contributed by atoms with Crippen LogP contribution in [0.2, 0.25) is 0 Å². The molecule has 2 heterocycles. The molecule has 0 bridgehead atoms. The zero-order chi connectivity index (χ0) is 14.6. The molecule has 0 amide bonds. The molecule has 0 N–H and O–H groups in total. The summed E-state index contributed by atoms with van der Waals surface area (Å²) < 4.78 is 22.0. The average molecular weight is 274 g/mol. The fourth-order valence-electron chi connectivity index (χ4n) is 2.06. The molecule has 114 valence electrons. The average Bonchev–Trinajstić information content (AvgIpc) is 2.33. The van der Waals surface area contributed by atoms with Gasteiger partial charge in [-0.2, -0.15) is 0 Å². The summed E-state index contributed by atoms with van der Waals surface area (Å²) in [5.74, 6) is 0. The van der Waals surface area contributed by atoms with Crippen molar-refractivity contribution in [1.82, 2.24) is 0 Å². The maximum atomic E-state index is 5.59. The van der Waals surface area contributed by atoms with Crippen LogP contribution in [0.4, 0.5) is 0 Å². The fourth-order valence-corrected chi connectivity index (χ4v) is 2.06. The minimum Gasteiger partial charge on any atom is -0.373 e. The van der Waals surface area contributed by atoms with Gasteiger partial charge in [-0.05, 0) is 48.5 Å². The summed E-state index contributed by atoms with van der Waals surface area (Å²) in [6, 6.07) is 0. The minimum atomic E-state index is 0.242. The van der Waals surface area contributed by atoms with Gasteiger partial charge in [-0.15, -0.1) is 0 Å². The van der Waals surface area contributed by atoms with E-state index < -0.39 is 0 Å². The van der Waals surface area contributed by atoms with Gasteiger partial charge in [0.15, 0.2) is 0 Å². The summed E-state index contributed by atoms with van der Waals surface area (Å²) in [6.45, 7) is 15.0. The Labute approximate surface area is 117 Å². The SMILES string of the molecule is CC1COC(C)C(C)O1.CC1OC(C)C(C)OC1C. The van der Waals surface area contributed by atoms with Crippen LogP contribution in [-0.2, 0) is 18.9 Å². The summed E-state index contributed by atoms with van der Waals surface area (Å²) in [4.78, 5) is 0. The van der Waals surface area contributed by atoms with Crippen molar-refractivity contribution in [2.24, 2.45) is 0 Å². The number of hydrogen-bond donors (Lipinski definition) is 0. The van der Waals surface area contributed by atoms with Crippen molar-refractivity contribution in [1.29, 1.82) is 0 Å². The molecule has 7 unspecified atom stereocenters. The molecule has 2 aliphatic rings. The molecule has 19 heavy (non-hydrogen) atoms. The van der Waals surface area contributed by atoms with Crippen molar-refractivity contribution < 1.29 is 18.9 Å². The van der Waals surface area contributed by atoms with Gasteiger partial charge < -0.3 is 18.9 Å². The summed E-state index contributed by atoms with van der Waals surface area (Å²) >= 11 is 0. The third kappa shape index (κ3) is 5.38. The maximum absolute atomic E-state index is 5.59. The number of ether oxygens (including phenoxy) is 4. The lowest BCUT2D eigenvalue weighted by molar-refractivity contribution is -0.197. The van der Waals surface area contributed by atoms with Crippen LogP contribution in [0, 0.1) is 0 Å². The van der Waals surface area contributed by atoms with Crippen LogP contribution in [0.15, 0.2) is 0 Å². The van der Waals surface area contributed by atoms with Gasteiger partial charge >= 0.3 is 0 Å². The van der Waals surface area contributed by atoms with Crippen molar-refractivity contribution in [3.05, 3.63) is 0 Å². The highest BCUT2D eigenvalue weighted by Gasteiger charge is 2.28. The molecule has 0 aromatic carbocycles. The van der Waals surface area contributed by atoms with Crippen LogP contribution in [0.5, 0.6) is 0 Å². The highest BCUT2D eigenvalue weighted by atomic mass is 16.6. The van der Waals surface area contributed by atoms with Gasteiger partial charge in [0.05, 0.1) is 49.3 Å². The molecule has 0 radical (unpaired) electrons. The zero-order valence-electron chi connectivity index (χ0n) is 13.4. The van der Waals surface area contributed by atoms with E-state index in [1.54, 1.807) is 0 Å². The third-order valence-electron chi connectivity index (χ3n) is 3.88. The Morgan fingerprint density at radius 3 is 1.21 bits per heavy atom. The quantitative estimate of drug-likeness (QED) is 0.680. The van der Waals surface area contributed by atoms with Gasteiger partial charge in [-0.1, -0.05) is 0 Å². The van der Waals surface area contributed by atoms with E-state index >= 15 is 0 Å². The Hall–Kier alpha value is -0.160. The molecule has 2 saturated heterocycles. The second kappa shape index (κ2) is 7.58. The predicted molar refractivity (Wildman–Crippen MR) is 75.4 cm³/mol. The number of hydrogen-bond acceptors (Lipinski definition) is 4. The van der Waals surface area contributed by atoms with E-state index in [1.165, 1.54) is 0 Å². The van der Waals surface area contributed by atoms with Crippen LogP contribution in [0.3, 0.4) is 0 Å². The Balaban J connectivity index is 0.000000191. The van der Waals surface area contributed by atoms with Gasteiger partial charge in [0.1, 0.15) is 0 Å². The normalized spacial score (nSPS) is 47.2. The molecule has 0 aromatic heterocycles. The predicted octanol–water partition coefficient (Wildman–Crippen LogP) is 2.79. The molecule has 2 fully saturated rings. The molecule has 4 nitrogen and oxygen atoms in total. The first-order valence-electron chi connectivity index (χ1n) is 7.39. The van der Waals surface area contributed by atoms with Crippen molar-refractivity contribution in [2.75, 3.05) is 6.61 Å². The lowest BCUT2D eigenvalue weighted by atomic mass is 10.1. The lowest BCUT2D eigenvalue weighted by Gasteiger charge is -2.36. The molecule has 4 heteroatoms. The Bertz CT molecular complexity index is 233. The third-order valence-corrected chi connectivity index (χ3v) is 3.88.